The van der Waals surface area contributed by atoms with Crippen molar-refractivity contribution in [2.24, 2.45) is 34.5 Å². The third-order valence-corrected chi connectivity index (χ3v) is 8.17. The first kappa shape index (κ1) is 15.6. The van der Waals surface area contributed by atoms with E-state index in [2.05, 4.69) is 26.0 Å². The maximum atomic E-state index is 11.8. The molecule has 126 valence electrons. The van der Waals surface area contributed by atoms with E-state index >= 15 is 0 Å². The van der Waals surface area contributed by atoms with Gasteiger partial charge in [-0.25, -0.2) is 0 Å². The highest BCUT2D eigenvalue weighted by Gasteiger charge is 2.58. The summed E-state index contributed by atoms with van der Waals surface area (Å²) in [5.74, 6) is 2.77. The van der Waals surface area contributed by atoms with Crippen molar-refractivity contribution in [1.29, 1.82) is 0 Å². The predicted molar refractivity (Wildman–Crippen MR) is 91.8 cm³/mol. The summed E-state index contributed by atoms with van der Waals surface area (Å²) in [4.78, 5) is 11.8. The van der Waals surface area contributed by atoms with Crippen LogP contribution in [0, 0.1) is 34.5 Å². The van der Waals surface area contributed by atoms with E-state index in [-0.39, 0.29) is 11.5 Å². The highest BCUT2D eigenvalue weighted by Crippen LogP contribution is 2.65. The Morgan fingerprint density at radius 2 is 1.96 bits per heavy atom. The van der Waals surface area contributed by atoms with Crippen LogP contribution in [0.1, 0.15) is 59.3 Å². The van der Waals surface area contributed by atoms with Crippen molar-refractivity contribution in [2.45, 2.75) is 65.4 Å². The standard InChI is InChI=1S/C21H30O2/c1-13(22)17-6-7-18-16-5-4-14-12-15(23)8-10-20(14,2)19(16)9-11-21(17,18)3/h4-5,12-13,16-19,22H,6-11H2,1-3H3/t13-,16-,17+,18-,19-,20-,21-/m0/s1. The summed E-state index contributed by atoms with van der Waals surface area (Å²) in [6.45, 7) is 6.82. The smallest absolute Gasteiger partial charge is 0.156 e. The average Bonchev–Trinajstić information content (AvgIpc) is 2.85. The van der Waals surface area contributed by atoms with Gasteiger partial charge in [-0.15, -0.1) is 0 Å². The number of rotatable bonds is 1. The molecule has 2 nitrogen and oxygen atoms in total. The van der Waals surface area contributed by atoms with Gasteiger partial charge in [-0.3, -0.25) is 4.79 Å². The number of carbonyl (C=O) groups is 1. The average molecular weight is 314 g/mol. The van der Waals surface area contributed by atoms with Gasteiger partial charge in [0.15, 0.2) is 5.78 Å². The molecular weight excluding hydrogens is 284 g/mol. The van der Waals surface area contributed by atoms with Crippen LogP contribution < -0.4 is 0 Å². The molecule has 0 radical (unpaired) electrons. The summed E-state index contributed by atoms with van der Waals surface area (Å²) in [7, 11) is 0. The molecule has 2 heteroatoms. The van der Waals surface area contributed by atoms with Crippen molar-refractivity contribution >= 4 is 5.78 Å². The lowest BCUT2D eigenvalue weighted by molar-refractivity contribution is -0.116. The molecule has 0 spiro atoms. The number of ketones is 1. The fraction of sp³-hybridized carbons (Fsp3) is 0.762. The van der Waals surface area contributed by atoms with Crippen molar-refractivity contribution < 1.29 is 9.90 Å². The Morgan fingerprint density at radius 1 is 1.17 bits per heavy atom. The summed E-state index contributed by atoms with van der Waals surface area (Å²) < 4.78 is 0. The summed E-state index contributed by atoms with van der Waals surface area (Å²) in [6.07, 6.45) is 13.1. The largest absolute Gasteiger partial charge is 0.393 e. The van der Waals surface area contributed by atoms with Gasteiger partial charge < -0.3 is 5.11 Å². The number of carbonyl (C=O) groups excluding carboxylic acids is 1. The molecule has 0 aromatic heterocycles. The monoisotopic (exact) mass is 314 g/mol. The van der Waals surface area contributed by atoms with Crippen LogP contribution >= 0.6 is 0 Å². The fourth-order valence-corrected chi connectivity index (χ4v) is 6.83. The zero-order chi connectivity index (χ0) is 16.4. The van der Waals surface area contributed by atoms with Gasteiger partial charge in [0.1, 0.15) is 0 Å². The molecular formula is C21H30O2. The van der Waals surface area contributed by atoms with E-state index in [0.717, 1.165) is 12.8 Å². The topological polar surface area (TPSA) is 37.3 Å². The SMILES string of the molecule is C[C@H](O)[C@H]1CC[C@H]2[C@@H]3C=CC4=CC(=O)CC[C@]4(C)[C@H]3CC[C@@]12C. The Bertz CT molecular complexity index is 587. The van der Waals surface area contributed by atoms with Crippen LogP contribution in [0.15, 0.2) is 23.8 Å². The van der Waals surface area contributed by atoms with Gasteiger partial charge in [-0.1, -0.05) is 26.0 Å². The first-order valence-corrected chi connectivity index (χ1v) is 9.47. The van der Waals surface area contributed by atoms with Crippen LogP contribution in [0.25, 0.3) is 0 Å². The minimum absolute atomic E-state index is 0.188. The highest BCUT2D eigenvalue weighted by atomic mass is 16.3. The van der Waals surface area contributed by atoms with Crippen molar-refractivity contribution in [3.05, 3.63) is 23.8 Å². The van der Waals surface area contributed by atoms with E-state index in [1.165, 1.54) is 31.3 Å². The normalized spacial score (nSPS) is 49.9. The molecule has 0 amide bonds. The van der Waals surface area contributed by atoms with Gasteiger partial charge >= 0.3 is 0 Å². The zero-order valence-corrected chi connectivity index (χ0v) is 14.7. The minimum Gasteiger partial charge on any atom is -0.393 e. The molecule has 4 aliphatic rings. The maximum absolute atomic E-state index is 11.8. The summed E-state index contributed by atoms with van der Waals surface area (Å²) in [6, 6.07) is 0. The molecule has 4 rings (SSSR count). The molecule has 0 saturated heterocycles. The van der Waals surface area contributed by atoms with Gasteiger partial charge in [-0.2, -0.15) is 0 Å². The van der Waals surface area contributed by atoms with Crippen LogP contribution in [-0.4, -0.2) is 17.0 Å². The molecule has 4 aliphatic carbocycles. The molecule has 0 unspecified atom stereocenters. The first-order valence-electron chi connectivity index (χ1n) is 9.47. The van der Waals surface area contributed by atoms with Crippen molar-refractivity contribution in [1.82, 2.24) is 0 Å². The molecule has 0 aromatic rings. The summed E-state index contributed by atoms with van der Waals surface area (Å²) >= 11 is 0. The fourth-order valence-electron chi connectivity index (χ4n) is 6.83. The minimum atomic E-state index is -0.188. The number of fused-ring (bicyclic) bond motifs is 5. The number of hydrogen-bond acceptors (Lipinski definition) is 2. The molecule has 0 heterocycles. The third kappa shape index (κ3) is 2.06. The lowest BCUT2D eigenvalue weighted by atomic mass is 9.48. The Labute approximate surface area is 140 Å². The Kier molecular flexibility index (Phi) is 3.43. The molecule has 0 aromatic carbocycles. The first-order chi connectivity index (χ1) is 10.9. The van der Waals surface area contributed by atoms with E-state index in [1.54, 1.807) is 0 Å². The van der Waals surface area contributed by atoms with Crippen LogP contribution in [0.3, 0.4) is 0 Å². The Balaban J connectivity index is 1.71. The van der Waals surface area contributed by atoms with E-state index in [4.69, 9.17) is 0 Å². The predicted octanol–water partition coefficient (Wildman–Crippen LogP) is 4.29. The van der Waals surface area contributed by atoms with E-state index in [1.807, 2.05) is 13.0 Å². The molecule has 2 fully saturated rings. The number of allylic oxidation sites excluding steroid dienone is 4. The summed E-state index contributed by atoms with van der Waals surface area (Å²) in [5.41, 5.74) is 1.77. The molecule has 1 N–H and O–H groups in total. The second-order valence-electron chi connectivity index (χ2n) is 9.10. The van der Waals surface area contributed by atoms with Crippen LogP contribution in [0.5, 0.6) is 0 Å². The molecule has 0 aliphatic heterocycles. The Hall–Kier alpha value is -0.890. The van der Waals surface area contributed by atoms with Crippen LogP contribution in [0.2, 0.25) is 0 Å². The van der Waals surface area contributed by atoms with Gasteiger partial charge in [-0.05, 0) is 85.2 Å². The zero-order valence-electron chi connectivity index (χ0n) is 14.7. The number of hydrogen-bond donors (Lipinski definition) is 1. The third-order valence-electron chi connectivity index (χ3n) is 8.17. The second-order valence-corrected chi connectivity index (χ2v) is 9.10. The van der Waals surface area contributed by atoms with Crippen LogP contribution in [0.4, 0.5) is 0 Å². The van der Waals surface area contributed by atoms with Gasteiger partial charge in [0.2, 0.25) is 0 Å². The molecule has 0 bridgehead atoms. The van der Waals surface area contributed by atoms with Crippen molar-refractivity contribution in [3.63, 3.8) is 0 Å². The van der Waals surface area contributed by atoms with Crippen LogP contribution in [-0.2, 0) is 4.79 Å². The van der Waals surface area contributed by atoms with Gasteiger partial charge in [0, 0.05) is 6.42 Å². The number of aliphatic hydroxyl groups excluding tert-OH is 1. The second kappa shape index (κ2) is 5.05. The lowest BCUT2D eigenvalue weighted by Crippen LogP contribution is -2.49. The molecule has 23 heavy (non-hydrogen) atoms. The van der Waals surface area contributed by atoms with E-state index in [9.17, 15) is 9.90 Å². The van der Waals surface area contributed by atoms with E-state index < -0.39 is 0 Å². The molecule has 7 atom stereocenters. The van der Waals surface area contributed by atoms with Crippen molar-refractivity contribution in [2.75, 3.05) is 0 Å². The summed E-state index contributed by atoms with van der Waals surface area (Å²) in [5, 5.41) is 10.3. The lowest BCUT2D eigenvalue weighted by Gasteiger charge is -2.56. The van der Waals surface area contributed by atoms with E-state index in [0.29, 0.717) is 34.9 Å². The Morgan fingerprint density at radius 3 is 2.70 bits per heavy atom. The number of aliphatic hydroxyl groups is 1. The van der Waals surface area contributed by atoms with Gasteiger partial charge in [0.05, 0.1) is 6.10 Å². The maximum Gasteiger partial charge on any atom is 0.156 e. The quantitative estimate of drug-likeness (QED) is 0.784. The highest BCUT2D eigenvalue weighted by molar-refractivity contribution is 5.92. The van der Waals surface area contributed by atoms with Crippen molar-refractivity contribution in [3.8, 4) is 0 Å². The molecule has 2 saturated carbocycles. The van der Waals surface area contributed by atoms with Gasteiger partial charge in [0.25, 0.3) is 0 Å².